The first-order valence-corrected chi connectivity index (χ1v) is 10.2. The van der Waals surface area contributed by atoms with Crippen molar-refractivity contribution < 1.29 is 0 Å². The quantitative estimate of drug-likeness (QED) is 0.578. The van der Waals surface area contributed by atoms with E-state index in [9.17, 15) is 5.26 Å². The molecule has 0 unspecified atom stereocenters. The highest BCUT2D eigenvalue weighted by atomic mass is 32.2. The zero-order valence-corrected chi connectivity index (χ0v) is 16.2. The van der Waals surface area contributed by atoms with Gasteiger partial charge in [-0.15, -0.1) is 11.8 Å². The first kappa shape index (κ1) is 17.8. The third-order valence-electron chi connectivity index (χ3n) is 5.26. The fourth-order valence-electron chi connectivity index (χ4n) is 3.51. The van der Waals surface area contributed by atoms with Gasteiger partial charge in [0.1, 0.15) is 12.7 Å². The number of nitriles is 1. The van der Waals surface area contributed by atoms with Crippen molar-refractivity contribution in [3.63, 3.8) is 0 Å². The molecule has 1 aliphatic rings. The van der Waals surface area contributed by atoms with Crippen molar-refractivity contribution in [1.82, 2.24) is 14.8 Å². The minimum absolute atomic E-state index is 0.304. The van der Waals surface area contributed by atoms with E-state index in [-0.39, 0.29) is 5.41 Å². The summed E-state index contributed by atoms with van der Waals surface area (Å²) in [5.74, 6) is 0.892. The van der Waals surface area contributed by atoms with Crippen LogP contribution in [0.1, 0.15) is 41.5 Å². The Morgan fingerprint density at radius 1 is 1.15 bits per heavy atom. The van der Waals surface area contributed by atoms with Crippen molar-refractivity contribution in [2.75, 3.05) is 0 Å². The maximum absolute atomic E-state index is 9.78. The van der Waals surface area contributed by atoms with Crippen molar-refractivity contribution >= 4 is 11.8 Å². The number of hydrogen-bond acceptors (Lipinski definition) is 4. The Morgan fingerprint density at radius 3 is 2.56 bits per heavy atom. The molecule has 4 nitrogen and oxygen atoms in total. The number of nitrogens with zero attached hydrogens (tertiary/aromatic N) is 4. The molecular weight excluding hydrogens is 352 g/mol. The van der Waals surface area contributed by atoms with Crippen LogP contribution in [0.5, 0.6) is 0 Å². The van der Waals surface area contributed by atoms with Gasteiger partial charge >= 0.3 is 0 Å². The third kappa shape index (κ3) is 3.91. The molecule has 1 aromatic heterocycles. The summed E-state index contributed by atoms with van der Waals surface area (Å²) in [6, 6.07) is 17.9. The Balaban J connectivity index is 1.61. The monoisotopic (exact) mass is 374 g/mol. The SMILES string of the molecule is Cc1ccc(SCc2cc(Cn3cncn3)cc(C3(C#N)CCC3)c2)cc1. The summed E-state index contributed by atoms with van der Waals surface area (Å²) in [6.07, 6.45) is 6.34. The maximum Gasteiger partial charge on any atom is 0.137 e. The zero-order chi connectivity index (χ0) is 18.7. The van der Waals surface area contributed by atoms with E-state index < -0.39 is 0 Å². The summed E-state index contributed by atoms with van der Waals surface area (Å²) < 4.78 is 1.83. The van der Waals surface area contributed by atoms with Gasteiger partial charge < -0.3 is 0 Å². The van der Waals surface area contributed by atoms with Crippen LogP contribution in [0.2, 0.25) is 0 Å². The topological polar surface area (TPSA) is 54.5 Å². The molecule has 2 aromatic carbocycles. The van der Waals surface area contributed by atoms with Gasteiger partial charge in [0.2, 0.25) is 0 Å². The molecule has 1 fully saturated rings. The highest BCUT2D eigenvalue weighted by molar-refractivity contribution is 7.98. The molecule has 5 heteroatoms. The predicted octanol–water partition coefficient (Wildman–Crippen LogP) is 4.87. The minimum Gasteiger partial charge on any atom is -0.249 e. The van der Waals surface area contributed by atoms with E-state index >= 15 is 0 Å². The second-order valence-corrected chi connectivity index (χ2v) is 8.33. The van der Waals surface area contributed by atoms with E-state index in [1.54, 1.807) is 12.7 Å². The molecule has 0 spiro atoms. The number of thioether (sulfide) groups is 1. The molecular formula is C22H22N4S. The number of hydrogen-bond donors (Lipinski definition) is 0. The van der Waals surface area contributed by atoms with Crippen molar-refractivity contribution in [3.8, 4) is 6.07 Å². The molecule has 0 radical (unpaired) electrons. The van der Waals surface area contributed by atoms with Crippen LogP contribution < -0.4 is 0 Å². The molecule has 0 amide bonds. The molecule has 0 aliphatic heterocycles. The summed E-state index contributed by atoms with van der Waals surface area (Å²) >= 11 is 1.83. The van der Waals surface area contributed by atoms with Crippen LogP contribution in [0.4, 0.5) is 0 Å². The number of rotatable bonds is 6. The molecule has 0 N–H and O–H groups in total. The van der Waals surface area contributed by atoms with Gasteiger partial charge in [0.25, 0.3) is 0 Å². The summed E-state index contributed by atoms with van der Waals surface area (Å²) in [5, 5.41) is 14.0. The van der Waals surface area contributed by atoms with Gasteiger partial charge in [0.15, 0.2) is 0 Å². The molecule has 1 aliphatic carbocycles. The fourth-order valence-corrected chi connectivity index (χ4v) is 4.34. The van der Waals surface area contributed by atoms with Crippen LogP contribution in [0.25, 0.3) is 0 Å². The average Bonchev–Trinajstić information content (AvgIpc) is 3.14. The van der Waals surface area contributed by atoms with Crippen LogP contribution in [0, 0.1) is 18.3 Å². The molecule has 27 heavy (non-hydrogen) atoms. The Kier molecular flexibility index (Phi) is 5.00. The van der Waals surface area contributed by atoms with E-state index in [0.29, 0.717) is 6.54 Å². The van der Waals surface area contributed by atoms with Crippen molar-refractivity contribution in [1.29, 1.82) is 5.26 Å². The van der Waals surface area contributed by atoms with Gasteiger partial charge in [-0.1, -0.05) is 35.9 Å². The molecule has 1 saturated carbocycles. The van der Waals surface area contributed by atoms with Gasteiger partial charge in [-0.2, -0.15) is 10.4 Å². The van der Waals surface area contributed by atoms with Crippen molar-refractivity contribution in [2.24, 2.45) is 0 Å². The van der Waals surface area contributed by atoms with E-state index in [4.69, 9.17) is 0 Å². The lowest BCUT2D eigenvalue weighted by Gasteiger charge is -2.36. The van der Waals surface area contributed by atoms with E-state index in [0.717, 1.165) is 30.6 Å². The van der Waals surface area contributed by atoms with Crippen molar-refractivity contribution in [3.05, 3.63) is 77.4 Å². The number of benzene rings is 2. The Hall–Kier alpha value is -2.58. The zero-order valence-electron chi connectivity index (χ0n) is 15.4. The van der Waals surface area contributed by atoms with Gasteiger partial charge in [0, 0.05) is 10.6 Å². The predicted molar refractivity (Wildman–Crippen MR) is 107 cm³/mol. The van der Waals surface area contributed by atoms with E-state index in [1.165, 1.54) is 21.6 Å². The highest BCUT2D eigenvalue weighted by Gasteiger charge is 2.39. The lowest BCUT2D eigenvalue weighted by molar-refractivity contribution is 0.323. The Bertz CT molecular complexity index is 951. The summed E-state index contributed by atoms with van der Waals surface area (Å²) in [4.78, 5) is 5.30. The summed E-state index contributed by atoms with van der Waals surface area (Å²) in [5.41, 5.74) is 4.57. The highest BCUT2D eigenvalue weighted by Crippen LogP contribution is 2.44. The first-order valence-electron chi connectivity index (χ1n) is 9.23. The first-order chi connectivity index (χ1) is 13.2. The van der Waals surface area contributed by atoms with Crippen LogP contribution in [-0.4, -0.2) is 14.8 Å². The second kappa shape index (κ2) is 7.58. The maximum atomic E-state index is 9.78. The molecule has 0 atom stereocenters. The molecule has 0 saturated heterocycles. The molecule has 1 heterocycles. The normalized spacial score (nSPS) is 15.1. The van der Waals surface area contributed by atoms with Crippen LogP contribution >= 0.6 is 11.8 Å². The lowest BCUT2D eigenvalue weighted by atomic mass is 9.65. The van der Waals surface area contributed by atoms with Gasteiger partial charge in [0.05, 0.1) is 18.0 Å². The van der Waals surface area contributed by atoms with Gasteiger partial charge in [-0.05, 0) is 55.0 Å². The lowest BCUT2D eigenvalue weighted by Crippen LogP contribution is -2.32. The number of aryl methyl sites for hydroxylation is 1. The van der Waals surface area contributed by atoms with Crippen molar-refractivity contribution in [2.45, 2.75) is 48.8 Å². The molecule has 0 bridgehead atoms. The molecule has 3 aromatic rings. The standard InChI is InChI=1S/C22H22N4S/c1-17-3-5-21(6-4-17)27-13-19-9-18(12-26-16-24-15-25-26)10-20(11-19)22(14-23)7-2-8-22/h3-6,9-11,15-16H,2,7-8,12-13H2,1H3. The Morgan fingerprint density at radius 2 is 1.93 bits per heavy atom. The third-order valence-corrected chi connectivity index (χ3v) is 6.35. The Labute approximate surface area is 164 Å². The minimum atomic E-state index is -0.304. The van der Waals surface area contributed by atoms with Crippen LogP contribution in [-0.2, 0) is 17.7 Å². The average molecular weight is 375 g/mol. The van der Waals surface area contributed by atoms with Gasteiger partial charge in [-0.3, -0.25) is 0 Å². The van der Waals surface area contributed by atoms with Crippen LogP contribution in [0.15, 0.2) is 60.0 Å². The molecule has 4 rings (SSSR count). The largest absolute Gasteiger partial charge is 0.249 e. The van der Waals surface area contributed by atoms with E-state index in [1.807, 2.05) is 16.4 Å². The van der Waals surface area contributed by atoms with Crippen LogP contribution in [0.3, 0.4) is 0 Å². The number of aromatic nitrogens is 3. The van der Waals surface area contributed by atoms with Gasteiger partial charge in [-0.25, -0.2) is 9.67 Å². The fraction of sp³-hybridized carbons (Fsp3) is 0.318. The smallest absolute Gasteiger partial charge is 0.137 e. The summed E-state index contributed by atoms with van der Waals surface area (Å²) in [7, 11) is 0. The summed E-state index contributed by atoms with van der Waals surface area (Å²) in [6.45, 7) is 2.78. The molecule has 136 valence electrons. The second-order valence-electron chi connectivity index (χ2n) is 7.28. The van der Waals surface area contributed by atoms with E-state index in [2.05, 4.69) is 65.5 Å².